The average Bonchev–Trinajstić information content (AvgIpc) is 2.94. The predicted molar refractivity (Wildman–Crippen MR) is 103 cm³/mol. The molecule has 0 unspecified atom stereocenters. The van der Waals surface area contributed by atoms with Gasteiger partial charge < -0.3 is 0 Å². The topological polar surface area (TPSA) is 43.8 Å². The van der Waals surface area contributed by atoms with E-state index >= 15 is 0 Å². The molecule has 1 aliphatic rings. The molecular formula is C19H23N2O2P. The number of anilines is 2. The van der Waals surface area contributed by atoms with Crippen molar-refractivity contribution in [2.45, 2.75) is 13.3 Å². The molecule has 126 valence electrons. The fraction of sp³-hybridized carbons (Fsp3) is 0.211. The Bertz CT molecular complexity index is 686. The number of carbonyl (C=O) groups is 1. The Balaban J connectivity index is 2.05. The monoisotopic (exact) mass is 342 g/mol. The number of nitrogens with zero attached hydrogens (tertiary/aromatic N) is 2. The second-order valence-corrected chi connectivity index (χ2v) is 9.15. The van der Waals surface area contributed by atoms with Crippen LogP contribution in [0.15, 0.2) is 72.6 Å². The van der Waals surface area contributed by atoms with Crippen molar-refractivity contribution in [3.8, 4) is 0 Å². The molecule has 0 spiro atoms. The van der Waals surface area contributed by atoms with Gasteiger partial charge in [-0.3, -0.25) is 0 Å². The quantitative estimate of drug-likeness (QED) is 0.835. The van der Waals surface area contributed by atoms with Gasteiger partial charge in [-0.15, -0.1) is 0 Å². The van der Waals surface area contributed by atoms with Gasteiger partial charge in [0.2, 0.25) is 0 Å². The summed E-state index contributed by atoms with van der Waals surface area (Å²) in [5.74, 6) is 0.0221. The van der Waals surface area contributed by atoms with Gasteiger partial charge in [-0.1, -0.05) is 0 Å². The van der Waals surface area contributed by atoms with Crippen molar-refractivity contribution >= 4 is 24.9 Å². The fourth-order valence-electron chi connectivity index (χ4n) is 3.29. The molecule has 0 amide bonds. The van der Waals surface area contributed by atoms with Crippen LogP contribution in [0.4, 0.5) is 11.4 Å². The van der Waals surface area contributed by atoms with Crippen LogP contribution >= 0.6 is 7.79 Å². The summed E-state index contributed by atoms with van der Waals surface area (Å²) >= 11 is 0. The Kier molecular flexibility index (Phi) is 4.70. The maximum absolute atomic E-state index is 11.8. The van der Waals surface area contributed by atoms with Gasteiger partial charge in [-0.25, -0.2) is 0 Å². The molecule has 0 aliphatic carbocycles. The first-order valence-corrected chi connectivity index (χ1v) is 9.93. The van der Waals surface area contributed by atoms with E-state index in [1.54, 1.807) is 0 Å². The van der Waals surface area contributed by atoms with Gasteiger partial charge in [0, 0.05) is 0 Å². The molecule has 3 rings (SSSR count). The maximum atomic E-state index is 11.8. The number of hydrogen-bond donors (Lipinski definition) is 1. The molecule has 1 fully saturated rings. The van der Waals surface area contributed by atoms with Gasteiger partial charge in [-0.2, -0.15) is 0 Å². The molecule has 5 heteroatoms. The van der Waals surface area contributed by atoms with Crippen LogP contribution in [0.1, 0.15) is 13.3 Å². The van der Waals surface area contributed by atoms with Crippen molar-refractivity contribution in [3.63, 3.8) is 0 Å². The summed E-state index contributed by atoms with van der Waals surface area (Å²) in [6, 6.07) is 19.7. The van der Waals surface area contributed by atoms with Gasteiger partial charge >= 0.3 is 143 Å². The Morgan fingerprint density at radius 2 is 1.42 bits per heavy atom. The third-order valence-electron chi connectivity index (χ3n) is 4.37. The molecule has 4 nitrogen and oxygen atoms in total. The number of Topliss-reactive ketones (excluding diaryl/α,β-unsaturated/α-hetero) is 1. The molecule has 2 aromatic carbocycles. The summed E-state index contributed by atoms with van der Waals surface area (Å²) in [6.07, 6.45) is 0.204. The number of para-hydroxylation sites is 2. The summed E-state index contributed by atoms with van der Waals surface area (Å²) in [5.41, 5.74) is 1.93. The first-order valence-electron chi connectivity index (χ1n) is 8.09. The number of rotatable bonds is 5. The van der Waals surface area contributed by atoms with Crippen molar-refractivity contribution in [3.05, 3.63) is 72.6 Å². The third kappa shape index (κ3) is 2.95. The molecule has 0 aromatic heterocycles. The Hall–Kier alpha value is -2.16. The minimum absolute atomic E-state index is 0.0221. The van der Waals surface area contributed by atoms with E-state index in [1.165, 1.54) is 6.92 Å². The third-order valence-corrected chi connectivity index (χ3v) is 7.97. The van der Waals surface area contributed by atoms with E-state index < -0.39 is 7.79 Å². The zero-order valence-electron chi connectivity index (χ0n) is 13.9. The first-order chi connectivity index (χ1) is 11.5. The second-order valence-electron chi connectivity index (χ2n) is 6.09. The van der Waals surface area contributed by atoms with Gasteiger partial charge in [0.15, 0.2) is 0 Å². The van der Waals surface area contributed by atoms with Crippen LogP contribution in [0, 0.1) is 0 Å². The van der Waals surface area contributed by atoms with Crippen LogP contribution in [0.3, 0.4) is 0 Å². The SMILES string of the molecule is C=C(CC(C)=O)[PH]1(O)N(c2ccccc2)CCN1c1ccccc1. The van der Waals surface area contributed by atoms with Crippen LogP contribution in [0.2, 0.25) is 0 Å². The number of carbonyl (C=O) groups excluding carboxylic acids is 1. The van der Waals surface area contributed by atoms with E-state index in [2.05, 4.69) is 6.58 Å². The summed E-state index contributed by atoms with van der Waals surface area (Å²) < 4.78 is 4.09. The van der Waals surface area contributed by atoms with Crippen molar-refractivity contribution in [2.75, 3.05) is 22.4 Å². The Morgan fingerprint density at radius 1 is 1.00 bits per heavy atom. The summed E-state index contributed by atoms with van der Waals surface area (Å²) in [6.45, 7) is 7.06. The van der Waals surface area contributed by atoms with E-state index in [0.717, 1.165) is 11.4 Å². The molecule has 1 N–H and O–H groups in total. The fourth-order valence-corrected chi connectivity index (χ4v) is 6.68. The summed E-state index contributed by atoms with van der Waals surface area (Å²) in [5, 5.41) is 0.625. The molecule has 0 bridgehead atoms. The molecule has 2 aromatic rings. The van der Waals surface area contributed by atoms with E-state index in [-0.39, 0.29) is 12.2 Å². The number of benzene rings is 2. The van der Waals surface area contributed by atoms with Gasteiger partial charge in [-0.05, 0) is 0 Å². The molecule has 0 radical (unpaired) electrons. The standard InChI is InChI=1S/C19H23N2O2P/c1-16(22)15-17(2)24(23)20(18-9-5-3-6-10-18)13-14-21(24)19-11-7-4-8-12-19/h3-12,23-24H,2,13-15H2,1H3. The van der Waals surface area contributed by atoms with Crippen molar-refractivity contribution in [1.82, 2.24) is 0 Å². The van der Waals surface area contributed by atoms with E-state index in [9.17, 15) is 9.69 Å². The van der Waals surface area contributed by atoms with Crippen molar-refractivity contribution in [1.29, 1.82) is 0 Å². The summed E-state index contributed by atoms with van der Waals surface area (Å²) in [7, 11) is -3.24. The van der Waals surface area contributed by atoms with Crippen molar-refractivity contribution < 1.29 is 9.69 Å². The minimum atomic E-state index is -3.24. The first kappa shape index (κ1) is 16.7. The van der Waals surface area contributed by atoms with Crippen LogP contribution in [0.25, 0.3) is 0 Å². The Morgan fingerprint density at radius 3 is 1.79 bits per heavy atom. The Labute approximate surface area is 143 Å². The van der Waals surface area contributed by atoms with Gasteiger partial charge in [0.25, 0.3) is 0 Å². The van der Waals surface area contributed by atoms with Gasteiger partial charge in [0.05, 0.1) is 0 Å². The molecule has 1 aliphatic heterocycles. The van der Waals surface area contributed by atoms with Gasteiger partial charge in [0.1, 0.15) is 0 Å². The van der Waals surface area contributed by atoms with Crippen LogP contribution in [0.5, 0.6) is 0 Å². The predicted octanol–water partition coefficient (Wildman–Crippen LogP) is 3.99. The van der Waals surface area contributed by atoms with Crippen LogP contribution < -0.4 is 9.34 Å². The van der Waals surface area contributed by atoms with Crippen molar-refractivity contribution in [2.24, 2.45) is 0 Å². The average molecular weight is 342 g/mol. The van der Waals surface area contributed by atoms with E-state index in [4.69, 9.17) is 0 Å². The number of allylic oxidation sites excluding steroid dienone is 1. The molecule has 0 saturated carbocycles. The van der Waals surface area contributed by atoms with Crippen LogP contribution in [-0.2, 0) is 4.79 Å². The molecule has 24 heavy (non-hydrogen) atoms. The molecule has 0 atom stereocenters. The zero-order valence-corrected chi connectivity index (χ0v) is 14.9. The molecular weight excluding hydrogens is 319 g/mol. The second kappa shape index (κ2) is 6.76. The van der Waals surface area contributed by atoms with E-state index in [1.807, 2.05) is 70.0 Å². The molecule has 1 saturated heterocycles. The number of hydrogen-bond acceptors (Lipinski definition) is 4. The number of ketones is 1. The molecule has 1 heterocycles. The van der Waals surface area contributed by atoms with Crippen LogP contribution in [-0.4, -0.2) is 23.8 Å². The zero-order chi connectivity index (χ0) is 17.2. The van der Waals surface area contributed by atoms with E-state index in [0.29, 0.717) is 18.4 Å². The summed E-state index contributed by atoms with van der Waals surface area (Å²) in [4.78, 5) is 23.4. The normalized spacial score (nSPS) is 17.6.